The van der Waals surface area contributed by atoms with Gasteiger partial charge in [0.25, 0.3) is 5.69 Å². The number of nitro benzene ring substituents is 1. The maximum absolute atomic E-state index is 13.7. The van der Waals surface area contributed by atoms with Gasteiger partial charge >= 0.3 is 0 Å². The van der Waals surface area contributed by atoms with Gasteiger partial charge in [0.05, 0.1) is 15.6 Å². The van der Waals surface area contributed by atoms with Crippen molar-refractivity contribution in [3.05, 3.63) is 104 Å². The number of hydrogen-bond donors (Lipinski definition) is 0. The number of nitro groups is 1. The molecule has 0 fully saturated rings. The standard InChI is InChI=1S/C21H16BrFN2O4/c22-19-11-15(8-9-21(19)28-14-17-5-1-2-7-20(17)23)12-24-29-13-16-4-3-6-18(10-16)25(26)27/h1-12H,13-14H2/b24-12-. The first kappa shape index (κ1) is 20.5. The van der Waals surface area contributed by atoms with Crippen LogP contribution in [0, 0.1) is 15.9 Å². The molecule has 0 aliphatic heterocycles. The molecular weight excluding hydrogens is 443 g/mol. The molecule has 0 amide bonds. The molecule has 0 unspecified atom stereocenters. The summed E-state index contributed by atoms with van der Waals surface area (Å²) < 4.78 is 20.0. The summed E-state index contributed by atoms with van der Waals surface area (Å²) in [6.07, 6.45) is 1.52. The van der Waals surface area contributed by atoms with Crippen LogP contribution in [0.5, 0.6) is 5.75 Å². The van der Waals surface area contributed by atoms with E-state index in [-0.39, 0.29) is 24.7 Å². The maximum atomic E-state index is 13.7. The summed E-state index contributed by atoms with van der Waals surface area (Å²) in [7, 11) is 0. The van der Waals surface area contributed by atoms with Crippen LogP contribution in [0.25, 0.3) is 0 Å². The molecule has 3 rings (SSSR count). The van der Waals surface area contributed by atoms with E-state index >= 15 is 0 Å². The predicted octanol–water partition coefficient (Wildman–Crippen LogP) is 5.63. The van der Waals surface area contributed by atoms with Gasteiger partial charge in [-0.1, -0.05) is 35.5 Å². The van der Waals surface area contributed by atoms with Crippen molar-refractivity contribution in [3.63, 3.8) is 0 Å². The molecule has 0 bridgehead atoms. The van der Waals surface area contributed by atoms with Gasteiger partial charge in [-0.25, -0.2) is 4.39 Å². The van der Waals surface area contributed by atoms with Crippen molar-refractivity contribution in [2.45, 2.75) is 13.2 Å². The molecule has 0 radical (unpaired) electrons. The summed E-state index contributed by atoms with van der Waals surface area (Å²) in [4.78, 5) is 15.5. The van der Waals surface area contributed by atoms with Gasteiger partial charge in [0, 0.05) is 17.7 Å². The SMILES string of the molecule is O=[N+]([O-])c1cccc(CO/N=C\c2ccc(OCc3ccccc3F)c(Br)c2)c1. The fourth-order valence-electron chi connectivity index (χ4n) is 2.46. The molecule has 0 atom stereocenters. The predicted molar refractivity (Wildman–Crippen MR) is 110 cm³/mol. The van der Waals surface area contributed by atoms with Crippen LogP contribution in [-0.4, -0.2) is 11.1 Å². The van der Waals surface area contributed by atoms with Crippen LogP contribution < -0.4 is 4.74 Å². The third-order valence-electron chi connectivity index (χ3n) is 3.93. The van der Waals surface area contributed by atoms with Gasteiger partial charge in [-0.3, -0.25) is 10.1 Å². The van der Waals surface area contributed by atoms with Gasteiger partial charge in [0.2, 0.25) is 0 Å². The van der Waals surface area contributed by atoms with Crippen LogP contribution in [0.4, 0.5) is 10.1 Å². The molecule has 0 saturated carbocycles. The van der Waals surface area contributed by atoms with E-state index in [1.54, 1.807) is 48.5 Å². The number of halogens is 2. The van der Waals surface area contributed by atoms with Crippen LogP contribution in [0.1, 0.15) is 16.7 Å². The van der Waals surface area contributed by atoms with Crippen molar-refractivity contribution in [2.24, 2.45) is 5.16 Å². The van der Waals surface area contributed by atoms with Gasteiger partial charge in [-0.2, -0.15) is 0 Å². The third kappa shape index (κ3) is 5.86. The Balaban J connectivity index is 1.55. The van der Waals surface area contributed by atoms with Crippen LogP contribution in [0.2, 0.25) is 0 Å². The number of oxime groups is 1. The summed E-state index contributed by atoms with van der Waals surface area (Å²) in [5, 5.41) is 14.7. The minimum absolute atomic E-state index is 0.00461. The van der Waals surface area contributed by atoms with Gasteiger partial charge in [0.15, 0.2) is 0 Å². The molecule has 8 heteroatoms. The molecule has 0 heterocycles. The second kappa shape index (κ2) is 9.79. The summed E-state index contributed by atoms with van der Waals surface area (Å²) in [5.41, 5.74) is 1.88. The van der Waals surface area contributed by atoms with E-state index < -0.39 is 4.92 Å². The zero-order valence-electron chi connectivity index (χ0n) is 15.1. The minimum Gasteiger partial charge on any atom is -0.488 e. The molecule has 0 aliphatic carbocycles. The first-order valence-electron chi connectivity index (χ1n) is 8.57. The summed E-state index contributed by atoms with van der Waals surface area (Å²) in [5.74, 6) is 0.260. The van der Waals surface area contributed by atoms with Crippen molar-refractivity contribution in [2.75, 3.05) is 0 Å². The number of ether oxygens (including phenoxy) is 1. The molecule has 148 valence electrons. The highest BCUT2D eigenvalue weighted by atomic mass is 79.9. The highest BCUT2D eigenvalue weighted by Gasteiger charge is 2.07. The minimum atomic E-state index is -0.458. The molecule has 0 saturated heterocycles. The van der Waals surface area contributed by atoms with Crippen LogP contribution in [-0.2, 0) is 18.1 Å². The second-order valence-electron chi connectivity index (χ2n) is 6.00. The highest BCUT2D eigenvalue weighted by molar-refractivity contribution is 9.10. The van der Waals surface area contributed by atoms with Gasteiger partial charge < -0.3 is 9.57 Å². The topological polar surface area (TPSA) is 74.0 Å². The number of hydrogen-bond acceptors (Lipinski definition) is 5. The lowest BCUT2D eigenvalue weighted by Crippen LogP contribution is -1.99. The first-order valence-corrected chi connectivity index (χ1v) is 9.36. The third-order valence-corrected chi connectivity index (χ3v) is 4.55. The van der Waals surface area contributed by atoms with E-state index in [2.05, 4.69) is 21.1 Å². The van der Waals surface area contributed by atoms with Crippen LogP contribution in [0.15, 0.2) is 76.4 Å². The molecule has 0 N–H and O–H groups in total. The fourth-order valence-corrected chi connectivity index (χ4v) is 2.97. The van der Waals surface area contributed by atoms with Gasteiger partial charge in [-0.15, -0.1) is 0 Å². The summed E-state index contributed by atoms with van der Waals surface area (Å²) in [6, 6.07) is 17.9. The molecule has 0 aromatic heterocycles. The lowest BCUT2D eigenvalue weighted by Gasteiger charge is -2.09. The fraction of sp³-hybridized carbons (Fsp3) is 0.0952. The Kier molecular flexibility index (Phi) is 6.91. The average molecular weight is 459 g/mol. The number of benzene rings is 3. The normalized spacial score (nSPS) is 10.8. The Hall–Kier alpha value is -3.26. The van der Waals surface area contributed by atoms with E-state index in [0.29, 0.717) is 21.3 Å². The lowest BCUT2D eigenvalue weighted by atomic mass is 10.2. The van der Waals surface area contributed by atoms with E-state index in [1.807, 2.05) is 0 Å². The maximum Gasteiger partial charge on any atom is 0.269 e. The second-order valence-corrected chi connectivity index (χ2v) is 6.86. The molecule has 29 heavy (non-hydrogen) atoms. The molecule has 0 spiro atoms. The van der Waals surface area contributed by atoms with Gasteiger partial charge in [0.1, 0.15) is 24.8 Å². The Morgan fingerprint density at radius 1 is 1.07 bits per heavy atom. The smallest absolute Gasteiger partial charge is 0.269 e. The summed E-state index contributed by atoms with van der Waals surface area (Å²) >= 11 is 3.42. The van der Waals surface area contributed by atoms with Gasteiger partial charge in [-0.05, 0) is 51.3 Å². The zero-order valence-corrected chi connectivity index (χ0v) is 16.7. The Morgan fingerprint density at radius 3 is 2.66 bits per heavy atom. The lowest BCUT2D eigenvalue weighted by molar-refractivity contribution is -0.384. The monoisotopic (exact) mass is 458 g/mol. The first-order chi connectivity index (χ1) is 14.0. The van der Waals surface area contributed by atoms with E-state index in [9.17, 15) is 14.5 Å². The van der Waals surface area contributed by atoms with Crippen molar-refractivity contribution in [1.82, 2.24) is 0 Å². The molecule has 3 aromatic rings. The quantitative estimate of drug-likeness (QED) is 0.249. The average Bonchev–Trinajstić information content (AvgIpc) is 2.72. The molecule has 3 aromatic carbocycles. The van der Waals surface area contributed by atoms with E-state index in [4.69, 9.17) is 9.57 Å². The van der Waals surface area contributed by atoms with Crippen molar-refractivity contribution >= 4 is 27.8 Å². The van der Waals surface area contributed by atoms with Crippen molar-refractivity contribution < 1.29 is 18.9 Å². The van der Waals surface area contributed by atoms with Crippen molar-refractivity contribution in [1.29, 1.82) is 0 Å². The Bertz CT molecular complexity index is 1040. The molecule has 0 aliphatic rings. The summed E-state index contributed by atoms with van der Waals surface area (Å²) in [6.45, 7) is 0.230. The largest absolute Gasteiger partial charge is 0.488 e. The van der Waals surface area contributed by atoms with Crippen molar-refractivity contribution in [3.8, 4) is 5.75 Å². The Labute approximate surface area is 174 Å². The number of non-ortho nitro benzene ring substituents is 1. The van der Waals surface area contributed by atoms with E-state index in [0.717, 1.165) is 5.56 Å². The van der Waals surface area contributed by atoms with E-state index in [1.165, 1.54) is 24.4 Å². The zero-order chi connectivity index (χ0) is 20.6. The van der Waals surface area contributed by atoms with Crippen LogP contribution in [0.3, 0.4) is 0 Å². The van der Waals surface area contributed by atoms with Crippen LogP contribution >= 0.6 is 15.9 Å². The number of nitrogens with zero attached hydrogens (tertiary/aromatic N) is 2. The molecular formula is C21H16BrFN2O4. The molecule has 6 nitrogen and oxygen atoms in total. The number of rotatable bonds is 8. The Morgan fingerprint density at radius 2 is 1.90 bits per heavy atom. The highest BCUT2D eigenvalue weighted by Crippen LogP contribution is 2.26.